The van der Waals surface area contributed by atoms with Gasteiger partial charge in [-0.2, -0.15) is 4.39 Å². The van der Waals surface area contributed by atoms with Gasteiger partial charge in [0.05, 0.1) is 0 Å². The van der Waals surface area contributed by atoms with Crippen LogP contribution in [0.15, 0.2) is 40.8 Å². The van der Waals surface area contributed by atoms with Crippen molar-refractivity contribution in [3.63, 3.8) is 0 Å². The van der Waals surface area contributed by atoms with E-state index < -0.39 is 11.9 Å². The molecule has 0 spiro atoms. The van der Waals surface area contributed by atoms with E-state index >= 15 is 0 Å². The molecule has 0 aliphatic rings. The third kappa shape index (κ3) is 3.41. The molecule has 5 nitrogen and oxygen atoms in total. The number of hydrogen-bond acceptors (Lipinski definition) is 3. The number of rotatable bonds is 3. The number of hydrogen-bond donors (Lipinski definition) is 2. The molecule has 1 aromatic carbocycles. The average molecular weight is 262 g/mol. The Bertz CT molecular complexity index is 605. The van der Waals surface area contributed by atoms with Crippen molar-refractivity contribution >= 4 is 23.2 Å². The molecule has 0 atom stereocenters. The lowest BCUT2D eigenvalue weighted by Gasteiger charge is -2.05. The minimum Gasteiger partial charge on any atom is -0.426 e. The zero-order valence-electron chi connectivity index (χ0n) is 10.1. The standard InChI is InChI=1S/C13H11FN2O3/c1-8(17)15-9-2-4-10(5-3-9)16-13(18)11-6-7-12(14)19-11/h2-7H,1H3,(H,15,17)(H,16,18). The molecule has 0 fully saturated rings. The molecule has 2 N–H and O–H groups in total. The SMILES string of the molecule is CC(=O)Nc1ccc(NC(=O)c2ccc(F)o2)cc1. The number of halogens is 1. The van der Waals surface area contributed by atoms with Crippen LogP contribution < -0.4 is 10.6 Å². The van der Waals surface area contributed by atoms with Gasteiger partial charge < -0.3 is 15.1 Å². The molecular formula is C13H11FN2O3. The number of amides is 2. The minimum absolute atomic E-state index is 0.108. The van der Waals surface area contributed by atoms with Crippen molar-refractivity contribution in [2.24, 2.45) is 0 Å². The number of carbonyl (C=O) groups is 2. The zero-order chi connectivity index (χ0) is 13.8. The molecule has 2 amide bonds. The van der Waals surface area contributed by atoms with Crippen molar-refractivity contribution in [1.29, 1.82) is 0 Å². The lowest BCUT2D eigenvalue weighted by molar-refractivity contribution is -0.114. The smallest absolute Gasteiger partial charge is 0.291 e. The highest BCUT2D eigenvalue weighted by molar-refractivity contribution is 6.02. The summed E-state index contributed by atoms with van der Waals surface area (Å²) in [6.07, 6.45) is 0. The first-order chi connectivity index (χ1) is 9.04. The quantitative estimate of drug-likeness (QED) is 0.893. The van der Waals surface area contributed by atoms with Gasteiger partial charge in [0.1, 0.15) is 0 Å². The van der Waals surface area contributed by atoms with Crippen LogP contribution in [-0.2, 0) is 4.79 Å². The number of benzene rings is 1. The molecule has 0 saturated heterocycles. The molecule has 19 heavy (non-hydrogen) atoms. The first-order valence-electron chi connectivity index (χ1n) is 5.49. The van der Waals surface area contributed by atoms with Gasteiger partial charge in [0.2, 0.25) is 5.91 Å². The molecule has 0 unspecified atom stereocenters. The summed E-state index contributed by atoms with van der Waals surface area (Å²) in [7, 11) is 0. The van der Waals surface area contributed by atoms with Crippen molar-refractivity contribution in [2.75, 3.05) is 10.6 Å². The fourth-order valence-corrected chi connectivity index (χ4v) is 1.47. The van der Waals surface area contributed by atoms with Gasteiger partial charge in [-0.05, 0) is 30.3 Å². The Morgan fingerprint density at radius 3 is 2.05 bits per heavy atom. The van der Waals surface area contributed by atoms with E-state index in [2.05, 4.69) is 15.1 Å². The summed E-state index contributed by atoms with van der Waals surface area (Å²) in [6.45, 7) is 1.40. The Kier molecular flexibility index (Phi) is 3.61. The second-order valence-electron chi connectivity index (χ2n) is 3.82. The highest BCUT2D eigenvalue weighted by Gasteiger charge is 2.11. The topological polar surface area (TPSA) is 71.3 Å². The van der Waals surface area contributed by atoms with Crippen molar-refractivity contribution < 1.29 is 18.4 Å². The Balaban J connectivity index is 2.03. The third-order valence-electron chi connectivity index (χ3n) is 2.26. The van der Waals surface area contributed by atoms with Crippen molar-refractivity contribution in [3.05, 3.63) is 48.2 Å². The number of nitrogens with one attached hydrogen (secondary N) is 2. The Labute approximate surface area is 108 Å². The van der Waals surface area contributed by atoms with Crippen molar-refractivity contribution in [3.8, 4) is 0 Å². The predicted octanol–water partition coefficient (Wildman–Crippen LogP) is 2.63. The fourth-order valence-electron chi connectivity index (χ4n) is 1.47. The van der Waals surface area contributed by atoms with Crippen LogP contribution >= 0.6 is 0 Å². The second-order valence-corrected chi connectivity index (χ2v) is 3.82. The summed E-state index contributed by atoms with van der Waals surface area (Å²) in [5.74, 6) is -0.831. The van der Waals surface area contributed by atoms with Crippen LogP contribution in [-0.4, -0.2) is 11.8 Å². The van der Waals surface area contributed by atoms with Crippen LogP contribution in [0.1, 0.15) is 17.5 Å². The Morgan fingerprint density at radius 2 is 1.58 bits per heavy atom. The summed E-state index contributed by atoms with van der Waals surface area (Å²) >= 11 is 0. The summed E-state index contributed by atoms with van der Waals surface area (Å²) in [4.78, 5) is 22.5. The molecule has 0 aliphatic heterocycles. The molecule has 1 heterocycles. The summed E-state index contributed by atoms with van der Waals surface area (Å²) in [5, 5.41) is 5.14. The van der Waals surface area contributed by atoms with E-state index in [1.165, 1.54) is 13.0 Å². The average Bonchev–Trinajstić information content (AvgIpc) is 2.78. The van der Waals surface area contributed by atoms with Gasteiger partial charge in [-0.1, -0.05) is 0 Å². The van der Waals surface area contributed by atoms with Crippen LogP contribution in [0.25, 0.3) is 0 Å². The monoisotopic (exact) mass is 262 g/mol. The predicted molar refractivity (Wildman–Crippen MR) is 67.4 cm³/mol. The maximum Gasteiger partial charge on any atom is 0.291 e. The van der Waals surface area contributed by atoms with Crippen molar-refractivity contribution in [1.82, 2.24) is 0 Å². The Morgan fingerprint density at radius 1 is 1.00 bits per heavy atom. The summed E-state index contributed by atoms with van der Waals surface area (Å²) < 4.78 is 17.2. The minimum atomic E-state index is -0.814. The molecule has 0 saturated carbocycles. The third-order valence-corrected chi connectivity index (χ3v) is 2.26. The molecule has 2 rings (SSSR count). The van der Waals surface area contributed by atoms with Crippen LogP contribution in [0.3, 0.4) is 0 Å². The van der Waals surface area contributed by atoms with Gasteiger partial charge in [-0.25, -0.2) is 0 Å². The first-order valence-corrected chi connectivity index (χ1v) is 5.49. The normalized spacial score (nSPS) is 10.0. The van der Waals surface area contributed by atoms with Gasteiger partial charge in [0.25, 0.3) is 11.9 Å². The highest BCUT2D eigenvalue weighted by atomic mass is 19.1. The van der Waals surface area contributed by atoms with E-state index in [0.29, 0.717) is 11.4 Å². The fraction of sp³-hybridized carbons (Fsp3) is 0.0769. The number of carbonyl (C=O) groups excluding carboxylic acids is 2. The van der Waals surface area contributed by atoms with Gasteiger partial charge >= 0.3 is 0 Å². The molecule has 98 valence electrons. The van der Waals surface area contributed by atoms with E-state index in [1.807, 2.05) is 0 Å². The molecular weight excluding hydrogens is 251 g/mol. The first kappa shape index (κ1) is 12.8. The number of anilines is 2. The molecule has 0 bridgehead atoms. The van der Waals surface area contributed by atoms with E-state index in [9.17, 15) is 14.0 Å². The van der Waals surface area contributed by atoms with Crippen molar-refractivity contribution in [2.45, 2.75) is 6.92 Å². The van der Waals surface area contributed by atoms with Crippen LogP contribution in [0, 0.1) is 6.01 Å². The molecule has 2 aromatic rings. The van der Waals surface area contributed by atoms with Gasteiger partial charge in [-0.3, -0.25) is 9.59 Å². The largest absolute Gasteiger partial charge is 0.426 e. The molecule has 0 aliphatic carbocycles. The van der Waals surface area contributed by atoms with Gasteiger partial charge in [0, 0.05) is 24.4 Å². The summed E-state index contributed by atoms with van der Waals surface area (Å²) in [6, 6.07) is 8.00. The molecule has 0 radical (unpaired) electrons. The maximum atomic E-state index is 12.6. The molecule has 1 aromatic heterocycles. The van der Waals surface area contributed by atoms with Crippen LogP contribution in [0.5, 0.6) is 0 Å². The Hall–Kier alpha value is -2.63. The van der Waals surface area contributed by atoms with Gasteiger partial charge in [-0.15, -0.1) is 0 Å². The zero-order valence-corrected chi connectivity index (χ0v) is 10.1. The van der Waals surface area contributed by atoms with E-state index in [4.69, 9.17) is 0 Å². The van der Waals surface area contributed by atoms with E-state index in [0.717, 1.165) is 6.07 Å². The number of furan rings is 1. The van der Waals surface area contributed by atoms with E-state index in [1.54, 1.807) is 24.3 Å². The van der Waals surface area contributed by atoms with Gasteiger partial charge in [0.15, 0.2) is 5.76 Å². The second kappa shape index (κ2) is 5.34. The highest BCUT2D eigenvalue weighted by Crippen LogP contribution is 2.15. The van der Waals surface area contributed by atoms with Crippen LogP contribution in [0.2, 0.25) is 0 Å². The lowest BCUT2D eigenvalue weighted by Crippen LogP contribution is -2.11. The summed E-state index contributed by atoms with van der Waals surface area (Å²) in [5.41, 5.74) is 1.13. The maximum absolute atomic E-state index is 12.6. The van der Waals surface area contributed by atoms with E-state index in [-0.39, 0.29) is 11.7 Å². The lowest BCUT2D eigenvalue weighted by atomic mass is 10.2. The van der Waals surface area contributed by atoms with Crippen LogP contribution in [0.4, 0.5) is 15.8 Å². The molecule has 6 heteroatoms.